The first-order valence-corrected chi connectivity index (χ1v) is 20.3. The molecule has 0 bridgehead atoms. The van der Waals surface area contributed by atoms with Crippen LogP contribution in [-0.4, -0.2) is 15.0 Å². The zero-order valence-electron chi connectivity index (χ0n) is 32.7. The summed E-state index contributed by atoms with van der Waals surface area (Å²) >= 11 is 0. The van der Waals surface area contributed by atoms with Crippen molar-refractivity contribution >= 4 is 32.3 Å². The fourth-order valence-electron chi connectivity index (χ4n) is 8.57. The molecule has 11 rings (SSSR count). The van der Waals surface area contributed by atoms with E-state index >= 15 is 0 Å². The Balaban J connectivity index is 1.09. The van der Waals surface area contributed by atoms with Gasteiger partial charge in [0.15, 0.2) is 17.5 Å². The maximum Gasteiger partial charge on any atom is 0.164 e. The van der Waals surface area contributed by atoms with Crippen LogP contribution in [0.15, 0.2) is 224 Å². The minimum absolute atomic E-state index is 0.622. The summed E-state index contributed by atoms with van der Waals surface area (Å²) in [6.45, 7) is 0. The van der Waals surface area contributed by atoms with Crippen molar-refractivity contribution in [3.8, 4) is 78.7 Å². The molecular formula is C57H37N3. The van der Waals surface area contributed by atoms with Crippen molar-refractivity contribution in [3.63, 3.8) is 0 Å². The zero-order chi connectivity index (χ0) is 39.8. The minimum Gasteiger partial charge on any atom is -0.208 e. The molecule has 0 aliphatic rings. The van der Waals surface area contributed by atoms with Gasteiger partial charge in [-0.3, -0.25) is 0 Å². The molecule has 280 valence electrons. The molecule has 0 saturated heterocycles. The SMILES string of the molecule is c1ccc(-c2ccc3c(-c4nc(-c5cccc(-c6ccc(-c7ccccc7)c7ccccc67)c5)nc(-c5ccc6cccc(-c7ccccc7)c6c5)n4)cccc3c2)cc1. The fourth-order valence-corrected chi connectivity index (χ4v) is 8.57. The molecule has 0 unspecified atom stereocenters. The number of hydrogen-bond donors (Lipinski definition) is 0. The van der Waals surface area contributed by atoms with E-state index in [9.17, 15) is 0 Å². The van der Waals surface area contributed by atoms with Crippen LogP contribution in [0.1, 0.15) is 0 Å². The normalized spacial score (nSPS) is 11.3. The summed E-state index contributed by atoms with van der Waals surface area (Å²) < 4.78 is 0. The van der Waals surface area contributed by atoms with Crippen LogP contribution in [0.25, 0.3) is 111 Å². The maximum atomic E-state index is 5.29. The smallest absolute Gasteiger partial charge is 0.164 e. The highest BCUT2D eigenvalue weighted by Crippen LogP contribution is 2.38. The van der Waals surface area contributed by atoms with Gasteiger partial charge in [0.1, 0.15) is 0 Å². The molecule has 60 heavy (non-hydrogen) atoms. The molecule has 0 spiro atoms. The summed E-state index contributed by atoms with van der Waals surface area (Å²) in [6.07, 6.45) is 0. The van der Waals surface area contributed by atoms with E-state index in [0.717, 1.165) is 49.4 Å². The summed E-state index contributed by atoms with van der Waals surface area (Å²) in [5.41, 5.74) is 12.2. The molecule has 3 heteroatoms. The highest BCUT2D eigenvalue weighted by Gasteiger charge is 2.17. The van der Waals surface area contributed by atoms with Gasteiger partial charge in [-0.15, -0.1) is 0 Å². The average Bonchev–Trinajstić information content (AvgIpc) is 3.33. The minimum atomic E-state index is 0.622. The molecule has 3 nitrogen and oxygen atoms in total. The van der Waals surface area contributed by atoms with Gasteiger partial charge in [0.2, 0.25) is 0 Å². The summed E-state index contributed by atoms with van der Waals surface area (Å²) in [6, 6.07) is 79.5. The number of aromatic nitrogens is 3. The summed E-state index contributed by atoms with van der Waals surface area (Å²) in [7, 11) is 0. The van der Waals surface area contributed by atoms with Crippen molar-refractivity contribution in [1.29, 1.82) is 0 Å². The molecule has 0 radical (unpaired) electrons. The Morgan fingerprint density at radius 3 is 1.37 bits per heavy atom. The molecular weight excluding hydrogens is 727 g/mol. The molecule has 0 aliphatic heterocycles. The standard InChI is InChI=1S/C57H37N3/c1-4-15-38(16-5-1)42-31-32-50-43(35-42)23-14-28-53(50)57-59-55(58-56(60-57)46-30-29-41-21-13-27-47(54(41)37-46)39-17-6-2-7-18-39)45-24-12-22-44(36-45)49-34-33-48(40-19-8-3-9-20-40)51-25-10-11-26-52(49)51/h1-37H. The van der Waals surface area contributed by atoms with E-state index in [1.54, 1.807) is 0 Å². The quantitative estimate of drug-likeness (QED) is 0.162. The molecule has 0 saturated carbocycles. The van der Waals surface area contributed by atoms with Crippen LogP contribution >= 0.6 is 0 Å². The van der Waals surface area contributed by atoms with Gasteiger partial charge in [-0.05, 0) is 95.0 Å². The molecule has 10 aromatic carbocycles. The van der Waals surface area contributed by atoms with Gasteiger partial charge in [0.25, 0.3) is 0 Å². The van der Waals surface area contributed by atoms with Gasteiger partial charge in [-0.2, -0.15) is 0 Å². The van der Waals surface area contributed by atoms with Gasteiger partial charge in [-0.25, -0.2) is 15.0 Å². The van der Waals surface area contributed by atoms with E-state index in [1.165, 1.54) is 44.2 Å². The second-order valence-corrected chi connectivity index (χ2v) is 15.2. The molecule has 0 atom stereocenters. The Morgan fingerprint density at radius 1 is 0.200 bits per heavy atom. The third-order valence-corrected chi connectivity index (χ3v) is 11.5. The Kier molecular flexibility index (Phi) is 8.83. The average molecular weight is 764 g/mol. The van der Waals surface area contributed by atoms with Gasteiger partial charge in [0, 0.05) is 16.7 Å². The lowest BCUT2D eigenvalue weighted by molar-refractivity contribution is 1.08. The number of rotatable bonds is 7. The molecule has 0 fully saturated rings. The highest BCUT2D eigenvalue weighted by molar-refractivity contribution is 6.05. The van der Waals surface area contributed by atoms with Crippen LogP contribution in [0, 0.1) is 0 Å². The summed E-state index contributed by atoms with van der Waals surface area (Å²) in [5, 5.41) is 6.94. The lowest BCUT2D eigenvalue weighted by Gasteiger charge is -2.14. The van der Waals surface area contributed by atoms with E-state index in [-0.39, 0.29) is 0 Å². The van der Waals surface area contributed by atoms with Crippen LogP contribution in [0.2, 0.25) is 0 Å². The number of fused-ring (bicyclic) bond motifs is 3. The predicted octanol–water partition coefficient (Wildman–Crippen LogP) is 15.0. The van der Waals surface area contributed by atoms with Crippen molar-refractivity contribution in [1.82, 2.24) is 15.0 Å². The fraction of sp³-hybridized carbons (Fsp3) is 0. The van der Waals surface area contributed by atoms with Crippen molar-refractivity contribution in [2.75, 3.05) is 0 Å². The first-order chi connectivity index (χ1) is 29.7. The number of nitrogens with zero attached hydrogens (tertiary/aromatic N) is 3. The second kappa shape index (κ2) is 15.1. The second-order valence-electron chi connectivity index (χ2n) is 15.2. The Labute approximate surface area is 349 Å². The van der Waals surface area contributed by atoms with Crippen molar-refractivity contribution in [2.45, 2.75) is 0 Å². The number of benzene rings is 10. The maximum absolute atomic E-state index is 5.29. The van der Waals surface area contributed by atoms with Crippen LogP contribution in [0.3, 0.4) is 0 Å². The van der Waals surface area contributed by atoms with Gasteiger partial charge >= 0.3 is 0 Å². The van der Waals surface area contributed by atoms with Crippen molar-refractivity contribution in [3.05, 3.63) is 224 Å². The third-order valence-electron chi connectivity index (χ3n) is 11.5. The molecule has 0 N–H and O–H groups in total. The predicted molar refractivity (Wildman–Crippen MR) is 250 cm³/mol. The van der Waals surface area contributed by atoms with Gasteiger partial charge in [-0.1, -0.05) is 206 Å². The van der Waals surface area contributed by atoms with Gasteiger partial charge < -0.3 is 0 Å². The lowest BCUT2D eigenvalue weighted by atomic mass is 9.91. The Bertz CT molecular complexity index is 3360. The summed E-state index contributed by atoms with van der Waals surface area (Å²) in [4.78, 5) is 15.8. The van der Waals surface area contributed by atoms with E-state index in [1.807, 2.05) is 0 Å². The summed E-state index contributed by atoms with van der Waals surface area (Å²) in [5.74, 6) is 1.88. The molecule has 0 aliphatic carbocycles. The Hall–Kier alpha value is -8.01. The lowest BCUT2D eigenvalue weighted by Crippen LogP contribution is -2.01. The van der Waals surface area contributed by atoms with E-state index in [4.69, 9.17) is 15.0 Å². The molecule has 1 heterocycles. The Morgan fingerprint density at radius 2 is 0.683 bits per heavy atom. The first kappa shape index (κ1) is 35.2. The molecule has 0 amide bonds. The van der Waals surface area contributed by atoms with E-state index in [0.29, 0.717) is 17.5 Å². The van der Waals surface area contributed by atoms with Crippen LogP contribution < -0.4 is 0 Å². The third kappa shape index (κ3) is 6.49. The van der Waals surface area contributed by atoms with E-state index in [2.05, 4.69) is 224 Å². The van der Waals surface area contributed by atoms with Gasteiger partial charge in [0.05, 0.1) is 0 Å². The topological polar surface area (TPSA) is 38.7 Å². The van der Waals surface area contributed by atoms with E-state index < -0.39 is 0 Å². The van der Waals surface area contributed by atoms with Crippen LogP contribution in [-0.2, 0) is 0 Å². The van der Waals surface area contributed by atoms with Crippen LogP contribution in [0.5, 0.6) is 0 Å². The number of hydrogen-bond acceptors (Lipinski definition) is 3. The first-order valence-electron chi connectivity index (χ1n) is 20.3. The van der Waals surface area contributed by atoms with Crippen LogP contribution in [0.4, 0.5) is 0 Å². The monoisotopic (exact) mass is 763 g/mol. The highest BCUT2D eigenvalue weighted by atomic mass is 15.0. The van der Waals surface area contributed by atoms with Crippen molar-refractivity contribution in [2.24, 2.45) is 0 Å². The molecule has 11 aromatic rings. The molecule has 1 aromatic heterocycles. The van der Waals surface area contributed by atoms with Crippen molar-refractivity contribution < 1.29 is 0 Å². The zero-order valence-corrected chi connectivity index (χ0v) is 32.7. The largest absolute Gasteiger partial charge is 0.208 e.